The van der Waals surface area contributed by atoms with E-state index in [2.05, 4.69) is 20.0 Å². The molecule has 0 unspecified atom stereocenters. The van der Waals surface area contributed by atoms with Crippen LogP contribution in [0, 0.1) is 0 Å². The molecule has 1 aliphatic carbocycles. The minimum atomic E-state index is -0.0530. The molecule has 112 valence electrons. The van der Waals surface area contributed by atoms with Crippen molar-refractivity contribution in [2.75, 3.05) is 7.05 Å². The molecule has 0 saturated heterocycles. The van der Waals surface area contributed by atoms with Gasteiger partial charge in [-0.15, -0.1) is 0 Å². The average Bonchev–Trinajstić information content (AvgIpc) is 3.16. The van der Waals surface area contributed by atoms with Crippen LogP contribution in [0.4, 0.5) is 0 Å². The number of carbonyl (C=O) groups is 1. The van der Waals surface area contributed by atoms with Crippen LogP contribution in [0.15, 0.2) is 24.8 Å². The number of nitrogens with zero attached hydrogens (tertiary/aromatic N) is 4. The van der Waals surface area contributed by atoms with Crippen molar-refractivity contribution < 1.29 is 4.79 Å². The summed E-state index contributed by atoms with van der Waals surface area (Å²) in [5, 5.41) is 6.86. The fraction of sp³-hybridized carbons (Fsp3) is 0.533. The third-order valence-corrected chi connectivity index (χ3v) is 4.12. The van der Waals surface area contributed by atoms with Crippen molar-refractivity contribution in [3.05, 3.63) is 30.6 Å². The van der Waals surface area contributed by atoms with Crippen molar-refractivity contribution in [2.45, 2.75) is 44.6 Å². The van der Waals surface area contributed by atoms with Gasteiger partial charge in [-0.25, -0.2) is 4.98 Å². The van der Waals surface area contributed by atoms with E-state index < -0.39 is 0 Å². The van der Waals surface area contributed by atoms with Gasteiger partial charge in [-0.1, -0.05) is 19.3 Å². The van der Waals surface area contributed by atoms with E-state index in [0.717, 1.165) is 11.5 Å². The number of hydrogen-bond donors (Lipinski definition) is 1. The summed E-state index contributed by atoms with van der Waals surface area (Å²) in [5.41, 5.74) is 0.969. The Kier molecular flexibility index (Phi) is 4.03. The first-order valence-electron chi connectivity index (χ1n) is 7.54. The molecule has 0 bridgehead atoms. The first-order chi connectivity index (χ1) is 10.3. The molecule has 21 heavy (non-hydrogen) atoms. The van der Waals surface area contributed by atoms with Crippen LogP contribution in [0.3, 0.4) is 0 Å². The molecule has 1 N–H and O–H groups in total. The Morgan fingerprint density at radius 2 is 2.19 bits per heavy atom. The van der Waals surface area contributed by atoms with Crippen LogP contribution in [-0.4, -0.2) is 32.3 Å². The van der Waals surface area contributed by atoms with Gasteiger partial charge < -0.3 is 9.88 Å². The molecule has 1 amide bonds. The lowest BCUT2D eigenvalue weighted by atomic mass is 9.88. The molecule has 0 atom stereocenters. The Morgan fingerprint density at radius 3 is 2.95 bits per heavy atom. The lowest BCUT2D eigenvalue weighted by Gasteiger charge is -2.21. The summed E-state index contributed by atoms with van der Waals surface area (Å²) in [7, 11) is 1.63. The number of hydrogen-bond acceptors (Lipinski definition) is 3. The van der Waals surface area contributed by atoms with E-state index in [1.54, 1.807) is 17.9 Å². The maximum atomic E-state index is 11.4. The molecular formula is C15H21N5O. The molecular weight excluding hydrogens is 266 g/mol. The molecule has 6 nitrogen and oxygen atoms in total. The average molecular weight is 287 g/mol. The topological polar surface area (TPSA) is 64.7 Å². The van der Waals surface area contributed by atoms with Crippen molar-refractivity contribution in [1.29, 1.82) is 0 Å². The third kappa shape index (κ3) is 2.99. The maximum Gasteiger partial charge on any atom is 0.241 e. The highest BCUT2D eigenvalue weighted by atomic mass is 16.1. The van der Waals surface area contributed by atoms with Gasteiger partial charge in [0.1, 0.15) is 12.4 Å². The fourth-order valence-corrected chi connectivity index (χ4v) is 2.99. The molecule has 0 aliphatic heterocycles. The van der Waals surface area contributed by atoms with E-state index >= 15 is 0 Å². The largest absolute Gasteiger partial charge is 0.358 e. The zero-order valence-corrected chi connectivity index (χ0v) is 12.3. The molecule has 2 heterocycles. The van der Waals surface area contributed by atoms with Gasteiger partial charge in [0.25, 0.3) is 0 Å². The van der Waals surface area contributed by atoms with Gasteiger partial charge in [-0.2, -0.15) is 5.10 Å². The smallest absolute Gasteiger partial charge is 0.241 e. The summed E-state index contributed by atoms with van der Waals surface area (Å²) in [6.07, 6.45) is 13.8. The lowest BCUT2D eigenvalue weighted by Crippen LogP contribution is -2.23. The number of aromatic nitrogens is 4. The van der Waals surface area contributed by atoms with E-state index in [9.17, 15) is 4.79 Å². The number of imidazole rings is 1. The summed E-state index contributed by atoms with van der Waals surface area (Å²) in [5.74, 6) is 1.60. The molecule has 3 rings (SSSR count). The predicted molar refractivity (Wildman–Crippen MR) is 79.2 cm³/mol. The quantitative estimate of drug-likeness (QED) is 0.933. The van der Waals surface area contributed by atoms with Crippen LogP contribution in [0.1, 0.15) is 43.8 Å². The standard InChI is InChI=1S/C15H21N5O/c1-16-14(21)11-19-10-13(9-18-19)20-8-7-17-15(20)12-5-3-2-4-6-12/h7-10,12H,2-6,11H2,1H3,(H,16,21). The van der Waals surface area contributed by atoms with E-state index in [-0.39, 0.29) is 12.5 Å². The summed E-state index contributed by atoms with van der Waals surface area (Å²) in [6.45, 7) is 0.240. The van der Waals surface area contributed by atoms with E-state index in [1.165, 1.54) is 32.1 Å². The molecule has 2 aromatic heterocycles. The Labute approximate surface area is 124 Å². The van der Waals surface area contributed by atoms with E-state index in [1.807, 2.05) is 18.6 Å². The van der Waals surface area contributed by atoms with Crippen molar-refractivity contribution in [2.24, 2.45) is 0 Å². The minimum absolute atomic E-state index is 0.0530. The molecule has 1 aliphatic rings. The van der Waals surface area contributed by atoms with Crippen molar-refractivity contribution in [3.63, 3.8) is 0 Å². The first-order valence-corrected chi connectivity index (χ1v) is 7.54. The second kappa shape index (κ2) is 6.11. The third-order valence-electron chi connectivity index (χ3n) is 4.12. The zero-order valence-electron chi connectivity index (χ0n) is 12.3. The number of likely N-dealkylation sites (N-methyl/N-ethyl adjacent to an activating group) is 1. The van der Waals surface area contributed by atoms with Crippen molar-refractivity contribution >= 4 is 5.91 Å². The van der Waals surface area contributed by atoms with Gasteiger partial charge >= 0.3 is 0 Å². The molecule has 2 aromatic rings. The maximum absolute atomic E-state index is 11.4. The van der Waals surface area contributed by atoms with Crippen LogP contribution in [0.25, 0.3) is 5.69 Å². The molecule has 1 fully saturated rings. The molecule has 0 spiro atoms. The molecule has 0 radical (unpaired) electrons. The van der Waals surface area contributed by atoms with Crippen LogP contribution in [-0.2, 0) is 11.3 Å². The Balaban J connectivity index is 1.81. The number of rotatable bonds is 4. The summed E-state index contributed by atoms with van der Waals surface area (Å²) in [4.78, 5) is 15.9. The van der Waals surface area contributed by atoms with Crippen LogP contribution in [0.2, 0.25) is 0 Å². The summed E-state index contributed by atoms with van der Waals surface area (Å²) < 4.78 is 3.75. The highest BCUT2D eigenvalue weighted by Gasteiger charge is 2.20. The number of carbonyl (C=O) groups excluding carboxylic acids is 1. The Bertz CT molecular complexity index is 609. The van der Waals surface area contributed by atoms with E-state index in [0.29, 0.717) is 5.92 Å². The normalized spacial score (nSPS) is 16.0. The highest BCUT2D eigenvalue weighted by Crippen LogP contribution is 2.32. The fourth-order valence-electron chi connectivity index (χ4n) is 2.99. The number of nitrogens with one attached hydrogen (secondary N) is 1. The van der Waals surface area contributed by atoms with Crippen LogP contribution < -0.4 is 5.32 Å². The second-order valence-corrected chi connectivity index (χ2v) is 5.56. The van der Waals surface area contributed by atoms with Crippen molar-refractivity contribution in [1.82, 2.24) is 24.6 Å². The zero-order chi connectivity index (χ0) is 14.7. The Hall–Kier alpha value is -2.11. The van der Waals surface area contributed by atoms with Gasteiger partial charge in [0.05, 0.1) is 11.9 Å². The van der Waals surface area contributed by atoms with Gasteiger partial charge in [-0.3, -0.25) is 9.48 Å². The van der Waals surface area contributed by atoms with E-state index in [4.69, 9.17) is 0 Å². The van der Waals surface area contributed by atoms with Crippen molar-refractivity contribution in [3.8, 4) is 5.69 Å². The van der Waals surface area contributed by atoms with Crippen LogP contribution >= 0.6 is 0 Å². The highest BCUT2D eigenvalue weighted by molar-refractivity contribution is 5.75. The number of amides is 1. The van der Waals surface area contributed by atoms with Crippen LogP contribution in [0.5, 0.6) is 0 Å². The Morgan fingerprint density at radius 1 is 1.38 bits per heavy atom. The molecule has 1 saturated carbocycles. The second-order valence-electron chi connectivity index (χ2n) is 5.56. The first kappa shape index (κ1) is 13.9. The van der Waals surface area contributed by atoms with Gasteiger partial charge in [0.2, 0.25) is 5.91 Å². The van der Waals surface area contributed by atoms with Gasteiger partial charge in [-0.05, 0) is 12.8 Å². The monoisotopic (exact) mass is 287 g/mol. The lowest BCUT2D eigenvalue weighted by molar-refractivity contribution is -0.121. The molecule has 6 heteroatoms. The summed E-state index contributed by atoms with van der Waals surface area (Å²) in [6, 6.07) is 0. The van der Waals surface area contributed by atoms with Gasteiger partial charge in [0, 0.05) is 31.6 Å². The van der Waals surface area contributed by atoms with Gasteiger partial charge in [0.15, 0.2) is 0 Å². The molecule has 0 aromatic carbocycles. The predicted octanol–water partition coefficient (Wildman–Crippen LogP) is 1.86. The SMILES string of the molecule is CNC(=O)Cn1cc(-n2ccnc2C2CCCCC2)cn1. The summed E-state index contributed by atoms with van der Waals surface area (Å²) >= 11 is 0. The minimum Gasteiger partial charge on any atom is -0.358 e.